The van der Waals surface area contributed by atoms with E-state index in [1.165, 1.54) is 0 Å². The van der Waals surface area contributed by atoms with Crippen molar-refractivity contribution in [1.29, 1.82) is 0 Å². The van der Waals surface area contributed by atoms with E-state index >= 15 is 0 Å². The highest BCUT2D eigenvalue weighted by Gasteiger charge is 2.17. The highest BCUT2D eigenvalue weighted by molar-refractivity contribution is 7.80. The Morgan fingerprint density at radius 2 is 2.07 bits per heavy atom. The summed E-state index contributed by atoms with van der Waals surface area (Å²) in [5, 5.41) is 2.17. The zero-order valence-corrected chi connectivity index (χ0v) is 10.5. The Bertz CT molecular complexity index is 204. The molecule has 15 heavy (non-hydrogen) atoms. The van der Waals surface area contributed by atoms with Crippen molar-refractivity contribution >= 4 is 18.7 Å². The molecule has 0 aromatic rings. The number of carbonyl (C=O) groups excluding carboxylic acids is 1. The van der Waals surface area contributed by atoms with Crippen LogP contribution in [-0.4, -0.2) is 29.9 Å². The summed E-state index contributed by atoms with van der Waals surface area (Å²) in [6.07, 6.45) is -0.958. The Morgan fingerprint density at radius 1 is 1.53 bits per heavy atom. The van der Waals surface area contributed by atoms with Gasteiger partial charge in [0.1, 0.15) is 11.8 Å². The van der Waals surface area contributed by atoms with Crippen LogP contribution in [0.4, 0.5) is 4.79 Å². The van der Waals surface area contributed by atoms with Crippen molar-refractivity contribution in [2.75, 3.05) is 6.61 Å². The van der Waals surface area contributed by atoms with E-state index in [1.54, 1.807) is 27.7 Å². The molecular formula is C9H20N2O3S. The van der Waals surface area contributed by atoms with Gasteiger partial charge in [-0.05, 0) is 27.7 Å². The monoisotopic (exact) mass is 236 g/mol. The van der Waals surface area contributed by atoms with Crippen molar-refractivity contribution in [1.82, 2.24) is 5.32 Å². The topological polar surface area (TPSA) is 73.6 Å². The quantitative estimate of drug-likeness (QED) is 0.504. The smallest absolute Gasteiger partial charge is 0.409 e. The molecule has 0 saturated carbocycles. The van der Waals surface area contributed by atoms with E-state index in [0.29, 0.717) is 0 Å². The standard InChI is InChI=1S/C9H20N2O3S/c1-6(13-5-7(10)15)11-8(12)14-9(2,3)4/h6-7,15H,5,10H2,1-4H3,(H,11,12). The lowest BCUT2D eigenvalue weighted by Crippen LogP contribution is -2.40. The van der Waals surface area contributed by atoms with Crippen LogP contribution in [0.15, 0.2) is 0 Å². The second-order valence-electron chi connectivity index (χ2n) is 4.19. The van der Waals surface area contributed by atoms with E-state index < -0.39 is 17.9 Å². The molecule has 0 spiro atoms. The van der Waals surface area contributed by atoms with E-state index in [-0.39, 0.29) is 12.0 Å². The Balaban J connectivity index is 3.77. The number of carbonyl (C=O) groups is 1. The summed E-state index contributed by atoms with van der Waals surface area (Å²) < 4.78 is 10.2. The molecule has 6 heteroatoms. The first-order valence-corrected chi connectivity index (χ1v) is 5.27. The first-order valence-electron chi connectivity index (χ1n) is 4.75. The number of nitrogens with one attached hydrogen (secondary N) is 1. The van der Waals surface area contributed by atoms with Crippen molar-refractivity contribution < 1.29 is 14.3 Å². The third-order valence-electron chi connectivity index (χ3n) is 1.24. The fraction of sp³-hybridized carbons (Fsp3) is 0.889. The van der Waals surface area contributed by atoms with Crippen LogP contribution >= 0.6 is 12.6 Å². The fourth-order valence-corrected chi connectivity index (χ4v) is 0.844. The molecule has 0 aliphatic heterocycles. The van der Waals surface area contributed by atoms with Crippen LogP contribution in [0.25, 0.3) is 0 Å². The maximum absolute atomic E-state index is 11.3. The van der Waals surface area contributed by atoms with Gasteiger partial charge < -0.3 is 15.2 Å². The molecular weight excluding hydrogens is 216 g/mol. The van der Waals surface area contributed by atoms with Gasteiger partial charge in [-0.3, -0.25) is 5.32 Å². The number of rotatable bonds is 4. The predicted molar refractivity (Wildman–Crippen MR) is 61.7 cm³/mol. The second kappa shape index (κ2) is 6.19. The van der Waals surface area contributed by atoms with Crippen LogP contribution in [0.1, 0.15) is 27.7 Å². The van der Waals surface area contributed by atoms with E-state index in [2.05, 4.69) is 17.9 Å². The second-order valence-corrected chi connectivity index (χ2v) is 4.85. The first kappa shape index (κ1) is 14.5. The summed E-state index contributed by atoms with van der Waals surface area (Å²) in [4.78, 5) is 11.3. The lowest BCUT2D eigenvalue weighted by Gasteiger charge is -2.22. The third kappa shape index (κ3) is 9.84. The Hall–Kier alpha value is -0.460. The molecule has 2 unspecified atom stereocenters. The van der Waals surface area contributed by atoms with Gasteiger partial charge in [-0.1, -0.05) is 0 Å². The van der Waals surface area contributed by atoms with Crippen LogP contribution in [0, 0.1) is 0 Å². The molecule has 2 atom stereocenters. The number of hydrogen-bond donors (Lipinski definition) is 3. The summed E-state index contributed by atoms with van der Waals surface area (Å²) in [6.45, 7) is 7.34. The van der Waals surface area contributed by atoms with E-state index in [9.17, 15) is 4.79 Å². The first-order chi connectivity index (χ1) is 6.70. The van der Waals surface area contributed by atoms with Crippen LogP contribution in [0.3, 0.4) is 0 Å². The number of hydrogen-bond acceptors (Lipinski definition) is 5. The molecule has 90 valence electrons. The number of alkyl carbamates (subject to hydrolysis) is 1. The highest BCUT2D eigenvalue weighted by atomic mass is 32.1. The number of ether oxygens (including phenoxy) is 2. The van der Waals surface area contributed by atoms with Crippen molar-refractivity contribution in [2.24, 2.45) is 5.73 Å². The molecule has 0 aliphatic rings. The molecule has 0 aromatic heterocycles. The molecule has 0 heterocycles. The molecule has 0 fully saturated rings. The van der Waals surface area contributed by atoms with Crippen molar-refractivity contribution in [2.45, 2.75) is 44.9 Å². The van der Waals surface area contributed by atoms with E-state index in [1.807, 2.05) is 0 Å². The Labute approximate surface area is 96.1 Å². The minimum absolute atomic E-state index is 0.264. The summed E-state index contributed by atoms with van der Waals surface area (Å²) in [5.74, 6) is 0. The van der Waals surface area contributed by atoms with Gasteiger partial charge in [-0.15, -0.1) is 0 Å². The predicted octanol–water partition coefficient (Wildman–Crippen LogP) is 1.09. The van der Waals surface area contributed by atoms with Gasteiger partial charge in [0, 0.05) is 0 Å². The molecule has 0 radical (unpaired) electrons. The zero-order chi connectivity index (χ0) is 12.1. The molecule has 3 N–H and O–H groups in total. The summed E-state index contributed by atoms with van der Waals surface area (Å²) in [5.41, 5.74) is 4.86. The fourth-order valence-electron chi connectivity index (χ4n) is 0.758. The van der Waals surface area contributed by atoms with Crippen LogP contribution < -0.4 is 11.1 Å². The zero-order valence-electron chi connectivity index (χ0n) is 9.61. The average Bonchev–Trinajstić information content (AvgIpc) is 1.96. The molecule has 0 bridgehead atoms. The summed E-state index contributed by atoms with van der Waals surface area (Å²) >= 11 is 3.94. The number of nitrogens with two attached hydrogens (primary N) is 1. The van der Waals surface area contributed by atoms with Crippen LogP contribution in [0.5, 0.6) is 0 Å². The molecule has 0 aliphatic carbocycles. The summed E-state index contributed by atoms with van der Waals surface area (Å²) in [6, 6.07) is 0. The van der Waals surface area contributed by atoms with Crippen molar-refractivity contribution in [3.63, 3.8) is 0 Å². The maximum atomic E-state index is 11.3. The van der Waals surface area contributed by atoms with Gasteiger partial charge in [0.25, 0.3) is 0 Å². The molecule has 0 aromatic carbocycles. The minimum atomic E-state index is -0.511. The summed E-state index contributed by atoms with van der Waals surface area (Å²) in [7, 11) is 0. The molecule has 0 saturated heterocycles. The lowest BCUT2D eigenvalue weighted by atomic mass is 10.2. The van der Waals surface area contributed by atoms with E-state index in [4.69, 9.17) is 15.2 Å². The van der Waals surface area contributed by atoms with Gasteiger partial charge in [-0.25, -0.2) is 4.79 Å². The minimum Gasteiger partial charge on any atom is -0.444 e. The average molecular weight is 236 g/mol. The third-order valence-corrected chi connectivity index (χ3v) is 1.39. The van der Waals surface area contributed by atoms with Gasteiger partial charge in [-0.2, -0.15) is 12.6 Å². The number of amides is 1. The van der Waals surface area contributed by atoms with Gasteiger partial charge in [0.2, 0.25) is 0 Å². The van der Waals surface area contributed by atoms with Gasteiger partial charge in [0.15, 0.2) is 0 Å². The Kier molecular flexibility index (Phi) is 6.00. The SMILES string of the molecule is CC(NC(=O)OC(C)(C)C)OCC(N)S. The van der Waals surface area contributed by atoms with Crippen molar-refractivity contribution in [3.05, 3.63) is 0 Å². The van der Waals surface area contributed by atoms with Gasteiger partial charge in [0.05, 0.1) is 12.0 Å². The Morgan fingerprint density at radius 3 is 2.47 bits per heavy atom. The number of thiol groups is 1. The largest absolute Gasteiger partial charge is 0.444 e. The maximum Gasteiger partial charge on any atom is 0.409 e. The highest BCUT2D eigenvalue weighted by Crippen LogP contribution is 2.06. The lowest BCUT2D eigenvalue weighted by molar-refractivity contribution is 0.0141. The van der Waals surface area contributed by atoms with Gasteiger partial charge >= 0.3 is 6.09 Å². The van der Waals surface area contributed by atoms with E-state index in [0.717, 1.165) is 0 Å². The molecule has 0 rings (SSSR count). The molecule has 5 nitrogen and oxygen atoms in total. The molecule has 1 amide bonds. The van der Waals surface area contributed by atoms with Crippen LogP contribution in [0.2, 0.25) is 0 Å². The van der Waals surface area contributed by atoms with Crippen LogP contribution in [-0.2, 0) is 9.47 Å². The normalized spacial score (nSPS) is 15.6. The van der Waals surface area contributed by atoms with Crippen molar-refractivity contribution in [3.8, 4) is 0 Å².